The van der Waals surface area contributed by atoms with Gasteiger partial charge in [-0.1, -0.05) is 5.16 Å². The summed E-state index contributed by atoms with van der Waals surface area (Å²) in [5.74, 6) is -5.78. The van der Waals surface area contributed by atoms with Gasteiger partial charge in [0.1, 0.15) is 36.7 Å². The van der Waals surface area contributed by atoms with Crippen LogP contribution in [-0.4, -0.2) is 64.4 Å². The molecule has 2 aliphatic carbocycles. The van der Waals surface area contributed by atoms with Crippen molar-refractivity contribution >= 4 is 23.2 Å². The summed E-state index contributed by atoms with van der Waals surface area (Å²) < 4.78 is 38.4. The van der Waals surface area contributed by atoms with Gasteiger partial charge in [0.2, 0.25) is 11.8 Å². The lowest BCUT2D eigenvalue weighted by Crippen LogP contribution is -2.54. The number of aliphatic hydroxyl groups is 3. The maximum atomic E-state index is 14.5. The van der Waals surface area contributed by atoms with Crippen LogP contribution in [0.3, 0.4) is 0 Å². The average Bonchev–Trinajstić information content (AvgIpc) is 3.49. The van der Waals surface area contributed by atoms with Crippen molar-refractivity contribution in [3.05, 3.63) is 54.0 Å². The monoisotopic (exact) mass is 534 g/mol. The Balaban J connectivity index is 1.28. The van der Waals surface area contributed by atoms with Crippen LogP contribution in [0, 0.1) is 35.3 Å². The molecule has 1 aromatic heterocycles. The SMILES string of the molecule is O=C1[C@@H]2[C@H]3[C@H](O)[C@H](O)C/C(=N/OC[C@@H](O)COCc4ccco4)[C@@H]3CC[C@H]2C(=O)N1c1ccc(F)cc1F. The van der Waals surface area contributed by atoms with Crippen molar-refractivity contribution in [3.8, 4) is 0 Å². The number of nitrogens with zero attached hydrogens (tertiary/aromatic N) is 2. The van der Waals surface area contributed by atoms with Crippen LogP contribution in [0.25, 0.3) is 0 Å². The normalized spacial score (nSPS) is 30.9. The van der Waals surface area contributed by atoms with E-state index < -0.39 is 65.4 Å². The first kappa shape index (κ1) is 26.4. The lowest BCUT2D eigenvalue weighted by Gasteiger charge is -2.45. The summed E-state index contributed by atoms with van der Waals surface area (Å²) in [6.45, 7) is -0.0472. The van der Waals surface area contributed by atoms with Gasteiger partial charge in [0.05, 0.1) is 48.3 Å². The van der Waals surface area contributed by atoms with Gasteiger partial charge in [-0.25, -0.2) is 13.7 Å². The van der Waals surface area contributed by atoms with Gasteiger partial charge in [-0.3, -0.25) is 9.59 Å². The van der Waals surface area contributed by atoms with E-state index in [1.807, 2.05) is 0 Å². The highest BCUT2D eigenvalue weighted by molar-refractivity contribution is 6.22. The molecule has 1 aliphatic heterocycles. The molecule has 7 atom stereocenters. The highest BCUT2D eigenvalue weighted by Crippen LogP contribution is 2.50. The van der Waals surface area contributed by atoms with Gasteiger partial charge >= 0.3 is 0 Å². The van der Waals surface area contributed by atoms with Crippen molar-refractivity contribution in [2.45, 2.75) is 44.2 Å². The highest BCUT2D eigenvalue weighted by atomic mass is 19.1. The minimum atomic E-state index is -1.32. The van der Waals surface area contributed by atoms with Crippen molar-refractivity contribution in [1.82, 2.24) is 0 Å². The largest absolute Gasteiger partial charge is 0.467 e. The van der Waals surface area contributed by atoms with Crippen molar-refractivity contribution in [2.24, 2.45) is 28.8 Å². The van der Waals surface area contributed by atoms with Crippen LogP contribution in [0.1, 0.15) is 25.0 Å². The fraction of sp³-hybridized carbons (Fsp3) is 0.500. The molecular weight excluding hydrogens is 506 g/mol. The van der Waals surface area contributed by atoms with Crippen LogP contribution in [0.4, 0.5) is 14.5 Å². The van der Waals surface area contributed by atoms with E-state index >= 15 is 0 Å². The number of fused-ring (bicyclic) bond motifs is 3. The molecule has 10 nitrogen and oxygen atoms in total. The smallest absolute Gasteiger partial charge is 0.238 e. The van der Waals surface area contributed by atoms with Crippen molar-refractivity contribution in [1.29, 1.82) is 0 Å². The Labute approximate surface area is 216 Å². The fourth-order valence-electron chi connectivity index (χ4n) is 5.82. The summed E-state index contributed by atoms with van der Waals surface area (Å²) in [4.78, 5) is 32.6. The molecule has 2 aromatic rings. The van der Waals surface area contributed by atoms with Gasteiger partial charge in [-0.05, 0) is 37.1 Å². The number of halogens is 2. The molecule has 204 valence electrons. The maximum absolute atomic E-state index is 14.5. The molecule has 38 heavy (non-hydrogen) atoms. The van der Waals surface area contributed by atoms with E-state index in [-0.39, 0.29) is 38.3 Å². The zero-order valence-electron chi connectivity index (χ0n) is 20.3. The molecule has 3 fully saturated rings. The molecule has 3 aliphatic rings. The van der Waals surface area contributed by atoms with Gasteiger partial charge in [0.25, 0.3) is 0 Å². The van der Waals surface area contributed by atoms with E-state index in [2.05, 4.69) is 5.16 Å². The van der Waals surface area contributed by atoms with Gasteiger partial charge in [-0.15, -0.1) is 0 Å². The Hall–Kier alpha value is -3.19. The van der Waals surface area contributed by atoms with E-state index in [0.29, 0.717) is 28.9 Å². The number of carbonyl (C=O) groups excluding carboxylic acids is 2. The minimum Gasteiger partial charge on any atom is -0.467 e. The second-order valence-corrected chi connectivity index (χ2v) is 9.89. The van der Waals surface area contributed by atoms with Crippen LogP contribution in [0.2, 0.25) is 0 Å². The maximum Gasteiger partial charge on any atom is 0.238 e. The third kappa shape index (κ3) is 4.96. The number of aliphatic hydroxyl groups excluding tert-OH is 3. The van der Waals surface area contributed by atoms with E-state index in [4.69, 9.17) is 14.0 Å². The van der Waals surface area contributed by atoms with Crippen LogP contribution in [0.15, 0.2) is 46.2 Å². The van der Waals surface area contributed by atoms with Crippen molar-refractivity contribution < 1.29 is 47.7 Å². The fourth-order valence-corrected chi connectivity index (χ4v) is 5.82. The summed E-state index contributed by atoms with van der Waals surface area (Å²) >= 11 is 0. The van der Waals surface area contributed by atoms with Gasteiger partial charge in [-0.2, -0.15) is 0 Å². The number of furan rings is 1. The second-order valence-electron chi connectivity index (χ2n) is 9.89. The summed E-state index contributed by atoms with van der Waals surface area (Å²) in [6.07, 6.45) is -1.41. The van der Waals surface area contributed by atoms with E-state index in [1.165, 1.54) is 6.26 Å². The van der Waals surface area contributed by atoms with E-state index in [9.17, 15) is 33.7 Å². The minimum absolute atomic E-state index is 0.0107. The van der Waals surface area contributed by atoms with Crippen LogP contribution in [0.5, 0.6) is 0 Å². The highest BCUT2D eigenvalue weighted by Gasteiger charge is 2.60. The number of hydrogen-bond donors (Lipinski definition) is 3. The van der Waals surface area contributed by atoms with Crippen LogP contribution in [-0.2, 0) is 25.8 Å². The van der Waals surface area contributed by atoms with Crippen molar-refractivity contribution in [3.63, 3.8) is 0 Å². The number of amides is 2. The quantitative estimate of drug-likeness (QED) is 0.344. The van der Waals surface area contributed by atoms with Crippen molar-refractivity contribution in [2.75, 3.05) is 18.1 Å². The number of anilines is 1. The number of rotatable bonds is 8. The predicted octanol–water partition coefficient (Wildman–Crippen LogP) is 1.77. The first-order valence-corrected chi connectivity index (χ1v) is 12.4. The predicted molar refractivity (Wildman–Crippen MR) is 126 cm³/mol. The van der Waals surface area contributed by atoms with Crippen LogP contribution >= 0.6 is 0 Å². The Morgan fingerprint density at radius 3 is 2.63 bits per heavy atom. The molecule has 0 radical (unpaired) electrons. The number of carbonyl (C=O) groups is 2. The number of imide groups is 1. The first-order chi connectivity index (χ1) is 18.3. The zero-order valence-corrected chi connectivity index (χ0v) is 20.3. The number of ether oxygens (including phenoxy) is 1. The first-order valence-electron chi connectivity index (χ1n) is 12.4. The number of oxime groups is 1. The standard InChI is InChI=1S/C26H28F2N2O8/c27-13-3-6-20(18(28)8-13)30-25(34)17-5-4-16-19(9-21(32)24(33)22(16)23(17)26(30)35)29-38-11-14(31)10-36-12-15-2-1-7-37-15/h1-3,6-8,14,16-17,21-24,31-33H,4-5,9-12H2/b29-19-/t14-,16-,17+,21+,22-,23-,24+/m0/s1. The zero-order chi connectivity index (χ0) is 27.0. The van der Waals surface area contributed by atoms with Gasteiger partial charge < -0.3 is 29.3 Å². The molecular formula is C26H28F2N2O8. The summed E-state index contributed by atoms with van der Waals surface area (Å²) in [5, 5.41) is 35.6. The van der Waals surface area contributed by atoms with Crippen LogP contribution < -0.4 is 4.90 Å². The third-order valence-corrected chi connectivity index (χ3v) is 7.51. The summed E-state index contributed by atoms with van der Waals surface area (Å²) in [6, 6.07) is 6.05. The Morgan fingerprint density at radius 1 is 1.11 bits per heavy atom. The Kier molecular flexibility index (Phi) is 7.57. The topological polar surface area (TPSA) is 142 Å². The van der Waals surface area contributed by atoms with E-state index in [0.717, 1.165) is 12.1 Å². The molecule has 5 rings (SSSR count). The van der Waals surface area contributed by atoms with E-state index in [1.54, 1.807) is 12.1 Å². The summed E-state index contributed by atoms with van der Waals surface area (Å²) in [5.41, 5.74) is 0.0558. The molecule has 0 bridgehead atoms. The molecule has 1 saturated heterocycles. The summed E-state index contributed by atoms with van der Waals surface area (Å²) in [7, 11) is 0. The number of benzene rings is 1. The Morgan fingerprint density at radius 2 is 1.89 bits per heavy atom. The second kappa shape index (κ2) is 10.9. The average molecular weight is 535 g/mol. The Bertz CT molecular complexity index is 1210. The lowest BCUT2D eigenvalue weighted by atomic mass is 9.60. The molecule has 2 saturated carbocycles. The third-order valence-electron chi connectivity index (χ3n) is 7.51. The molecule has 12 heteroatoms. The lowest BCUT2D eigenvalue weighted by molar-refractivity contribution is -0.132. The molecule has 3 N–H and O–H groups in total. The van der Waals surface area contributed by atoms with Gasteiger partial charge in [0, 0.05) is 24.3 Å². The molecule has 2 heterocycles. The molecule has 0 unspecified atom stereocenters. The number of hydrogen-bond acceptors (Lipinski definition) is 9. The molecule has 1 aromatic carbocycles. The molecule has 2 amide bonds. The molecule has 0 spiro atoms. The van der Waals surface area contributed by atoms with Gasteiger partial charge in [0.15, 0.2) is 0 Å².